The number of rotatable bonds is 1. The van der Waals surface area contributed by atoms with Gasteiger partial charge in [0.05, 0.1) is 29.8 Å². The number of aromatic nitrogens is 4. The first-order valence-corrected chi connectivity index (χ1v) is 4.84. The van der Waals surface area contributed by atoms with Gasteiger partial charge in [0.15, 0.2) is 0 Å². The second-order valence-corrected chi connectivity index (χ2v) is 3.50. The van der Waals surface area contributed by atoms with Gasteiger partial charge in [0.1, 0.15) is 5.82 Å². The molecule has 0 saturated carbocycles. The number of nitrogens with one attached hydrogen (secondary N) is 1. The van der Waals surface area contributed by atoms with E-state index in [9.17, 15) is 0 Å². The van der Waals surface area contributed by atoms with E-state index < -0.39 is 0 Å². The second-order valence-electron chi connectivity index (χ2n) is 3.50. The van der Waals surface area contributed by atoms with Gasteiger partial charge in [-0.25, -0.2) is 4.98 Å². The summed E-state index contributed by atoms with van der Waals surface area (Å²) in [6.07, 6.45) is 5.00. The van der Waals surface area contributed by atoms with Crippen LogP contribution in [-0.4, -0.2) is 20.2 Å². The molecule has 1 aromatic carbocycles. The van der Waals surface area contributed by atoms with Crippen LogP contribution in [-0.2, 0) is 0 Å². The van der Waals surface area contributed by atoms with Crippen LogP contribution in [0.1, 0.15) is 0 Å². The van der Waals surface area contributed by atoms with Gasteiger partial charge in [-0.15, -0.1) is 0 Å². The number of hydrogen-bond acceptors (Lipinski definition) is 4. The molecule has 2 heterocycles. The molecule has 78 valence electrons. The second kappa shape index (κ2) is 3.30. The van der Waals surface area contributed by atoms with Crippen molar-refractivity contribution in [1.82, 2.24) is 20.2 Å². The zero-order chi connectivity index (χ0) is 11.0. The fraction of sp³-hybridized carbons (Fsp3) is 0. The van der Waals surface area contributed by atoms with Crippen molar-refractivity contribution in [2.24, 2.45) is 0 Å². The maximum atomic E-state index is 5.60. The molecule has 0 saturated heterocycles. The van der Waals surface area contributed by atoms with Crippen LogP contribution in [0.15, 0.2) is 36.8 Å². The summed E-state index contributed by atoms with van der Waals surface area (Å²) in [7, 11) is 0. The first-order chi connectivity index (χ1) is 7.83. The minimum absolute atomic E-state index is 0.421. The molecule has 0 aliphatic heterocycles. The fourth-order valence-corrected chi connectivity index (χ4v) is 1.62. The van der Waals surface area contributed by atoms with Crippen molar-refractivity contribution in [2.75, 3.05) is 5.73 Å². The predicted octanol–water partition coefficient (Wildman–Crippen LogP) is 1.60. The average molecular weight is 211 g/mol. The lowest BCUT2D eigenvalue weighted by molar-refractivity contribution is 1.12. The topological polar surface area (TPSA) is 80.5 Å². The molecule has 0 fully saturated rings. The SMILES string of the molecule is Nc1cncc(-c2ccc3[nH]ncc3c2)n1. The molecule has 0 spiro atoms. The van der Waals surface area contributed by atoms with Gasteiger partial charge in [0, 0.05) is 10.9 Å². The van der Waals surface area contributed by atoms with E-state index in [0.29, 0.717) is 5.82 Å². The Morgan fingerprint density at radius 1 is 1.12 bits per heavy atom. The predicted molar refractivity (Wildman–Crippen MR) is 61.5 cm³/mol. The van der Waals surface area contributed by atoms with Crippen molar-refractivity contribution < 1.29 is 0 Å². The molecule has 0 unspecified atom stereocenters. The van der Waals surface area contributed by atoms with Gasteiger partial charge in [0.2, 0.25) is 0 Å². The van der Waals surface area contributed by atoms with E-state index >= 15 is 0 Å². The number of hydrogen-bond donors (Lipinski definition) is 2. The maximum absolute atomic E-state index is 5.60. The molecule has 5 nitrogen and oxygen atoms in total. The number of nitrogens with two attached hydrogens (primary N) is 1. The Morgan fingerprint density at radius 2 is 2.06 bits per heavy atom. The lowest BCUT2D eigenvalue weighted by atomic mass is 10.1. The average Bonchev–Trinajstić information content (AvgIpc) is 2.75. The van der Waals surface area contributed by atoms with Crippen LogP contribution in [0.5, 0.6) is 0 Å². The minimum Gasteiger partial charge on any atom is -0.382 e. The summed E-state index contributed by atoms with van der Waals surface area (Å²) >= 11 is 0. The molecule has 3 aromatic rings. The zero-order valence-electron chi connectivity index (χ0n) is 8.38. The Morgan fingerprint density at radius 3 is 2.94 bits per heavy atom. The number of fused-ring (bicyclic) bond motifs is 1. The van der Waals surface area contributed by atoms with E-state index in [2.05, 4.69) is 20.2 Å². The van der Waals surface area contributed by atoms with Gasteiger partial charge in [0.25, 0.3) is 0 Å². The van der Waals surface area contributed by atoms with Crippen molar-refractivity contribution in [1.29, 1.82) is 0 Å². The number of aromatic amines is 1. The van der Waals surface area contributed by atoms with Crippen LogP contribution in [0.3, 0.4) is 0 Å². The number of nitrogens with zero attached hydrogens (tertiary/aromatic N) is 3. The quantitative estimate of drug-likeness (QED) is 0.640. The Kier molecular flexibility index (Phi) is 1.83. The molecule has 2 aromatic heterocycles. The Labute approximate surface area is 91.3 Å². The molecule has 0 amide bonds. The maximum Gasteiger partial charge on any atom is 0.142 e. The Bertz CT molecular complexity index is 643. The molecule has 3 rings (SSSR count). The van der Waals surface area contributed by atoms with Crippen LogP contribution in [0.4, 0.5) is 5.82 Å². The molecule has 0 aliphatic carbocycles. The number of anilines is 1. The van der Waals surface area contributed by atoms with Crippen molar-refractivity contribution in [2.45, 2.75) is 0 Å². The first kappa shape index (κ1) is 8.84. The third kappa shape index (κ3) is 1.38. The number of H-pyrrole nitrogens is 1. The monoisotopic (exact) mass is 211 g/mol. The summed E-state index contributed by atoms with van der Waals surface area (Å²) in [4.78, 5) is 8.24. The van der Waals surface area contributed by atoms with Crippen LogP contribution >= 0.6 is 0 Å². The van der Waals surface area contributed by atoms with E-state index in [4.69, 9.17) is 5.73 Å². The smallest absolute Gasteiger partial charge is 0.142 e. The highest BCUT2D eigenvalue weighted by Gasteiger charge is 2.02. The van der Waals surface area contributed by atoms with Crippen LogP contribution in [0.2, 0.25) is 0 Å². The lowest BCUT2D eigenvalue weighted by Gasteiger charge is -2.00. The van der Waals surface area contributed by atoms with Crippen molar-refractivity contribution in [3.63, 3.8) is 0 Å². The zero-order valence-corrected chi connectivity index (χ0v) is 8.38. The summed E-state index contributed by atoms with van der Waals surface area (Å²) in [5.41, 5.74) is 8.34. The summed E-state index contributed by atoms with van der Waals surface area (Å²) in [6, 6.07) is 5.93. The highest BCUT2D eigenvalue weighted by atomic mass is 15.1. The van der Waals surface area contributed by atoms with E-state index in [1.807, 2.05) is 18.2 Å². The molecule has 0 aliphatic rings. The van der Waals surface area contributed by atoms with Crippen LogP contribution < -0.4 is 5.73 Å². The molecule has 0 radical (unpaired) electrons. The molecular formula is C11H9N5. The van der Waals surface area contributed by atoms with Gasteiger partial charge in [-0.2, -0.15) is 5.10 Å². The summed E-state index contributed by atoms with van der Waals surface area (Å²) in [5, 5.41) is 7.91. The molecule has 16 heavy (non-hydrogen) atoms. The van der Waals surface area contributed by atoms with E-state index in [0.717, 1.165) is 22.2 Å². The number of benzene rings is 1. The third-order valence-electron chi connectivity index (χ3n) is 2.39. The summed E-state index contributed by atoms with van der Waals surface area (Å²) < 4.78 is 0. The van der Waals surface area contributed by atoms with E-state index in [1.165, 1.54) is 6.20 Å². The molecule has 5 heteroatoms. The van der Waals surface area contributed by atoms with Gasteiger partial charge in [-0.3, -0.25) is 10.1 Å². The van der Waals surface area contributed by atoms with Crippen LogP contribution in [0.25, 0.3) is 22.2 Å². The molecule has 3 N–H and O–H groups in total. The molecule has 0 atom stereocenters. The van der Waals surface area contributed by atoms with Crippen molar-refractivity contribution in [3.8, 4) is 11.3 Å². The lowest BCUT2D eigenvalue weighted by Crippen LogP contribution is -1.93. The van der Waals surface area contributed by atoms with Crippen molar-refractivity contribution >= 4 is 16.7 Å². The fourth-order valence-electron chi connectivity index (χ4n) is 1.62. The third-order valence-corrected chi connectivity index (χ3v) is 2.39. The Balaban J connectivity index is 2.18. The highest BCUT2D eigenvalue weighted by Crippen LogP contribution is 2.21. The minimum atomic E-state index is 0.421. The first-order valence-electron chi connectivity index (χ1n) is 4.84. The highest BCUT2D eigenvalue weighted by molar-refractivity contribution is 5.83. The largest absolute Gasteiger partial charge is 0.382 e. The normalized spacial score (nSPS) is 10.8. The summed E-state index contributed by atoms with van der Waals surface area (Å²) in [6.45, 7) is 0. The molecule has 0 bridgehead atoms. The molecular weight excluding hydrogens is 202 g/mol. The van der Waals surface area contributed by atoms with Crippen molar-refractivity contribution in [3.05, 3.63) is 36.8 Å². The van der Waals surface area contributed by atoms with Gasteiger partial charge >= 0.3 is 0 Å². The van der Waals surface area contributed by atoms with E-state index in [-0.39, 0.29) is 0 Å². The van der Waals surface area contributed by atoms with Gasteiger partial charge in [-0.05, 0) is 12.1 Å². The van der Waals surface area contributed by atoms with E-state index in [1.54, 1.807) is 12.4 Å². The van der Waals surface area contributed by atoms with Crippen LogP contribution in [0, 0.1) is 0 Å². The van der Waals surface area contributed by atoms with Gasteiger partial charge in [-0.1, -0.05) is 6.07 Å². The Hall–Kier alpha value is -2.43. The number of nitrogen functional groups attached to an aromatic ring is 1. The standard InChI is InChI=1S/C11H9N5/c12-11-6-13-5-10(15-11)7-1-2-9-8(3-7)4-14-16-9/h1-6H,(H2,12,15)(H,14,16). The summed E-state index contributed by atoms with van der Waals surface area (Å²) in [5.74, 6) is 0.421. The van der Waals surface area contributed by atoms with Gasteiger partial charge < -0.3 is 5.73 Å².